The second-order valence-corrected chi connectivity index (χ2v) is 7.17. The van der Waals surface area contributed by atoms with Gasteiger partial charge < -0.3 is 5.32 Å². The number of nitrogens with zero attached hydrogens (tertiary/aromatic N) is 1. The Morgan fingerprint density at radius 1 is 1.25 bits per heavy atom. The van der Waals surface area contributed by atoms with Crippen molar-refractivity contribution in [1.29, 1.82) is 0 Å². The third-order valence-electron chi connectivity index (χ3n) is 3.45. The van der Waals surface area contributed by atoms with Gasteiger partial charge in [0.25, 0.3) is 0 Å². The summed E-state index contributed by atoms with van der Waals surface area (Å²) < 4.78 is 1.06. The minimum atomic E-state index is 0.0417. The summed E-state index contributed by atoms with van der Waals surface area (Å²) >= 11 is 3.64. The van der Waals surface area contributed by atoms with E-state index in [4.69, 9.17) is 4.98 Å². The number of hydrogen-bond acceptors (Lipinski definition) is 2. The standard InChI is InChI=1S/C17H23BrN2/c1-6-9-19-13-10-14(17(3,4)5)20-16-12(18)8-7-11(2)15(13)16/h7-8,10H,6,9H2,1-5H3,(H,19,20). The van der Waals surface area contributed by atoms with E-state index in [0.29, 0.717) is 0 Å². The molecule has 0 radical (unpaired) electrons. The van der Waals surface area contributed by atoms with E-state index in [9.17, 15) is 0 Å². The van der Waals surface area contributed by atoms with Gasteiger partial charge in [0.15, 0.2) is 0 Å². The summed E-state index contributed by atoms with van der Waals surface area (Å²) in [6.07, 6.45) is 1.11. The smallest absolute Gasteiger partial charge is 0.0870 e. The quantitative estimate of drug-likeness (QED) is 0.809. The summed E-state index contributed by atoms with van der Waals surface area (Å²) in [5, 5.41) is 4.78. The minimum absolute atomic E-state index is 0.0417. The number of halogens is 1. The molecule has 0 aliphatic rings. The highest BCUT2D eigenvalue weighted by Crippen LogP contribution is 2.34. The molecule has 0 bridgehead atoms. The fraction of sp³-hybridized carbons (Fsp3) is 0.471. The molecule has 20 heavy (non-hydrogen) atoms. The average molecular weight is 335 g/mol. The summed E-state index contributed by atoms with van der Waals surface area (Å²) in [4.78, 5) is 4.89. The maximum absolute atomic E-state index is 4.89. The number of nitrogens with one attached hydrogen (secondary N) is 1. The molecule has 0 spiro atoms. The Hall–Kier alpha value is -1.09. The van der Waals surface area contributed by atoms with Crippen molar-refractivity contribution < 1.29 is 0 Å². The molecule has 0 saturated carbocycles. The molecule has 3 heteroatoms. The number of anilines is 1. The molecule has 0 atom stereocenters. The van der Waals surface area contributed by atoms with E-state index in [0.717, 1.165) is 28.6 Å². The maximum atomic E-state index is 4.89. The average Bonchev–Trinajstić information content (AvgIpc) is 2.39. The van der Waals surface area contributed by atoms with E-state index in [1.54, 1.807) is 0 Å². The Labute approximate surface area is 130 Å². The third-order valence-corrected chi connectivity index (χ3v) is 4.09. The van der Waals surface area contributed by atoms with E-state index >= 15 is 0 Å². The van der Waals surface area contributed by atoms with Gasteiger partial charge in [0.2, 0.25) is 0 Å². The normalized spacial score (nSPS) is 11.9. The molecule has 0 unspecified atom stereocenters. The van der Waals surface area contributed by atoms with Crippen LogP contribution in [0.2, 0.25) is 0 Å². The van der Waals surface area contributed by atoms with Crippen molar-refractivity contribution in [2.24, 2.45) is 0 Å². The van der Waals surface area contributed by atoms with Crippen LogP contribution in [0, 0.1) is 6.92 Å². The molecule has 0 saturated heterocycles. The van der Waals surface area contributed by atoms with Gasteiger partial charge in [0.05, 0.1) is 5.52 Å². The monoisotopic (exact) mass is 334 g/mol. The van der Waals surface area contributed by atoms with E-state index in [-0.39, 0.29) is 5.41 Å². The number of aromatic nitrogens is 1. The van der Waals surface area contributed by atoms with E-state index in [1.165, 1.54) is 16.6 Å². The largest absolute Gasteiger partial charge is 0.384 e. The van der Waals surface area contributed by atoms with Crippen LogP contribution in [-0.2, 0) is 5.41 Å². The Morgan fingerprint density at radius 3 is 2.55 bits per heavy atom. The van der Waals surface area contributed by atoms with Crippen LogP contribution in [0.15, 0.2) is 22.7 Å². The minimum Gasteiger partial charge on any atom is -0.384 e. The summed E-state index contributed by atoms with van der Waals surface area (Å²) in [5.41, 5.74) is 4.67. The molecule has 1 heterocycles. The van der Waals surface area contributed by atoms with Gasteiger partial charge in [-0.1, -0.05) is 33.8 Å². The van der Waals surface area contributed by atoms with Crippen LogP contribution in [0.5, 0.6) is 0 Å². The zero-order valence-electron chi connectivity index (χ0n) is 13.0. The van der Waals surface area contributed by atoms with Crippen molar-refractivity contribution in [1.82, 2.24) is 4.98 Å². The molecule has 2 nitrogen and oxygen atoms in total. The first kappa shape index (κ1) is 15.3. The first-order valence-electron chi connectivity index (χ1n) is 7.18. The highest BCUT2D eigenvalue weighted by Gasteiger charge is 2.19. The Kier molecular flexibility index (Phi) is 4.38. The van der Waals surface area contributed by atoms with Crippen molar-refractivity contribution in [2.75, 3.05) is 11.9 Å². The summed E-state index contributed by atoms with van der Waals surface area (Å²) in [7, 11) is 0. The predicted octanol–water partition coefficient (Wildman–Crippen LogP) is 5.43. The first-order chi connectivity index (χ1) is 9.34. The predicted molar refractivity (Wildman–Crippen MR) is 91.7 cm³/mol. The Morgan fingerprint density at radius 2 is 1.95 bits per heavy atom. The highest BCUT2D eigenvalue weighted by molar-refractivity contribution is 9.10. The van der Waals surface area contributed by atoms with Gasteiger partial charge in [-0.15, -0.1) is 0 Å². The van der Waals surface area contributed by atoms with Gasteiger partial charge in [-0.05, 0) is 47.0 Å². The number of aryl methyl sites for hydroxylation is 1. The van der Waals surface area contributed by atoms with Gasteiger partial charge in [-0.3, -0.25) is 4.98 Å². The van der Waals surface area contributed by atoms with Crippen molar-refractivity contribution in [3.8, 4) is 0 Å². The number of rotatable bonds is 3. The second kappa shape index (κ2) is 5.72. The zero-order chi connectivity index (χ0) is 14.9. The van der Waals surface area contributed by atoms with E-state index in [1.807, 2.05) is 0 Å². The third kappa shape index (κ3) is 2.98. The van der Waals surface area contributed by atoms with Gasteiger partial charge in [-0.2, -0.15) is 0 Å². The van der Waals surface area contributed by atoms with Crippen LogP contribution in [0.4, 0.5) is 5.69 Å². The second-order valence-electron chi connectivity index (χ2n) is 6.32. The fourth-order valence-electron chi connectivity index (χ4n) is 2.26. The molecule has 2 rings (SSSR count). The topological polar surface area (TPSA) is 24.9 Å². The molecule has 0 fully saturated rings. The molecular formula is C17H23BrN2. The van der Waals surface area contributed by atoms with E-state index in [2.05, 4.69) is 74.1 Å². The Bertz CT molecular complexity index is 627. The van der Waals surface area contributed by atoms with Gasteiger partial charge >= 0.3 is 0 Å². The van der Waals surface area contributed by atoms with Crippen molar-refractivity contribution in [2.45, 2.75) is 46.5 Å². The maximum Gasteiger partial charge on any atom is 0.0870 e. The first-order valence-corrected chi connectivity index (χ1v) is 7.98. The summed E-state index contributed by atoms with van der Waals surface area (Å²) in [6.45, 7) is 11.9. The van der Waals surface area contributed by atoms with Crippen molar-refractivity contribution >= 4 is 32.5 Å². The lowest BCUT2D eigenvalue weighted by Gasteiger charge is -2.21. The molecular weight excluding hydrogens is 312 g/mol. The van der Waals surface area contributed by atoms with Crippen LogP contribution in [0.3, 0.4) is 0 Å². The van der Waals surface area contributed by atoms with E-state index < -0.39 is 0 Å². The molecule has 0 amide bonds. The summed E-state index contributed by atoms with van der Waals surface area (Å²) in [6, 6.07) is 6.43. The Balaban J connectivity index is 2.74. The molecule has 1 N–H and O–H groups in total. The molecule has 1 aromatic carbocycles. The lowest BCUT2D eigenvalue weighted by Crippen LogP contribution is -2.15. The summed E-state index contributed by atoms with van der Waals surface area (Å²) in [5.74, 6) is 0. The fourth-order valence-corrected chi connectivity index (χ4v) is 2.68. The zero-order valence-corrected chi connectivity index (χ0v) is 14.6. The van der Waals surface area contributed by atoms with Gasteiger partial charge in [0, 0.05) is 33.2 Å². The highest BCUT2D eigenvalue weighted by atomic mass is 79.9. The molecule has 108 valence electrons. The van der Waals surface area contributed by atoms with Gasteiger partial charge in [0.1, 0.15) is 0 Å². The number of pyridine rings is 1. The van der Waals surface area contributed by atoms with Gasteiger partial charge in [-0.25, -0.2) is 0 Å². The van der Waals surface area contributed by atoms with Crippen molar-refractivity contribution in [3.63, 3.8) is 0 Å². The number of fused-ring (bicyclic) bond motifs is 1. The van der Waals surface area contributed by atoms with Crippen molar-refractivity contribution in [3.05, 3.63) is 33.9 Å². The van der Waals surface area contributed by atoms with Crippen LogP contribution in [0.25, 0.3) is 10.9 Å². The SMILES string of the molecule is CCCNc1cc(C(C)(C)C)nc2c(Br)ccc(C)c12. The van der Waals surface area contributed by atoms with Crippen LogP contribution in [-0.4, -0.2) is 11.5 Å². The molecule has 2 aromatic rings. The molecule has 0 aliphatic heterocycles. The van der Waals surface area contributed by atoms with Crippen LogP contribution < -0.4 is 5.32 Å². The molecule has 0 aliphatic carbocycles. The van der Waals surface area contributed by atoms with Crippen LogP contribution >= 0.6 is 15.9 Å². The van der Waals surface area contributed by atoms with Crippen LogP contribution in [0.1, 0.15) is 45.4 Å². The lowest BCUT2D eigenvalue weighted by molar-refractivity contribution is 0.571. The number of benzene rings is 1. The lowest BCUT2D eigenvalue weighted by atomic mass is 9.90. The molecule has 1 aromatic heterocycles. The number of hydrogen-bond donors (Lipinski definition) is 1.